The van der Waals surface area contributed by atoms with Gasteiger partial charge < -0.3 is 14.8 Å². The van der Waals surface area contributed by atoms with Gasteiger partial charge in [0.2, 0.25) is 5.89 Å². The van der Waals surface area contributed by atoms with Crippen molar-refractivity contribution in [1.82, 2.24) is 10.2 Å². The highest BCUT2D eigenvalue weighted by molar-refractivity contribution is 5.54. The van der Waals surface area contributed by atoms with E-state index >= 15 is 0 Å². The van der Waals surface area contributed by atoms with Crippen molar-refractivity contribution < 1.29 is 9.52 Å². The standard InChI is InChI=1S/C12H15N3O2/c1-12(2,3)13-11-15-14-10(17-11)8-4-6-9(16)7-5-8/h4-7,16H,1-3H3,(H,13,15). The van der Waals surface area contributed by atoms with Gasteiger partial charge in [0, 0.05) is 11.1 Å². The van der Waals surface area contributed by atoms with Crippen molar-refractivity contribution in [1.29, 1.82) is 0 Å². The molecule has 1 aromatic heterocycles. The zero-order chi connectivity index (χ0) is 12.5. The maximum Gasteiger partial charge on any atom is 0.316 e. The maximum atomic E-state index is 9.18. The molecule has 0 saturated carbocycles. The fraction of sp³-hybridized carbons (Fsp3) is 0.333. The van der Waals surface area contributed by atoms with Crippen molar-refractivity contribution in [2.24, 2.45) is 0 Å². The summed E-state index contributed by atoms with van der Waals surface area (Å²) in [7, 11) is 0. The minimum atomic E-state index is -0.126. The van der Waals surface area contributed by atoms with E-state index in [1.807, 2.05) is 20.8 Å². The SMILES string of the molecule is CC(C)(C)Nc1nnc(-c2ccc(O)cc2)o1. The highest BCUT2D eigenvalue weighted by Crippen LogP contribution is 2.23. The van der Waals surface area contributed by atoms with Crippen molar-refractivity contribution >= 4 is 6.01 Å². The second-order valence-corrected chi connectivity index (χ2v) is 4.83. The summed E-state index contributed by atoms with van der Waals surface area (Å²) in [6.45, 7) is 6.03. The van der Waals surface area contributed by atoms with Crippen LogP contribution in [0.5, 0.6) is 5.75 Å². The summed E-state index contributed by atoms with van der Waals surface area (Å²) in [6.07, 6.45) is 0. The van der Waals surface area contributed by atoms with Crippen LogP contribution >= 0.6 is 0 Å². The topological polar surface area (TPSA) is 71.2 Å². The van der Waals surface area contributed by atoms with Gasteiger partial charge in [0.1, 0.15) is 5.75 Å². The largest absolute Gasteiger partial charge is 0.508 e. The number of anilines is 1. The maximum absolute atomic E-state index is 9.18. The van der Waals surface area contributed by atoms with Crippen molar-refractivity contribution in [3.63, 3.8) is 0 Å². The summed E-state index contributed by atoms with van der Waals surface area (Å²) in [5.41, 5.74) is 0.649. The molecule has 90 valence electrons. The third kappa shape index (κ3) is 2.96. The van der Waals surface area contributed by atoms with Gasteiger partial charge in [-0.15, -0.1) is 5.10 Å². The highest BCUT2D eigenvalue weighted by Gasteiger charge is 2.14. The lowest BCUT2D eigenvalue weighted by molar-refractivity contribution is 0.475. The number of nitrogens with one attached hydrogen (secondary N) is 1. The third-order valence-electron chi connectivity index (χ3n) is 2.02. The number of rotatable bonds is 2. The molecular weight excluding hydrogens is 218 g/mol. The number of aromatic hydroxyl groups is 1. The van der Waals surface area contributed by atoms with Gasteiger partial charge in [-0.25, -0.2) is 0 Å². The van der Waals surface area contributed by atoms with Crippen LogP contribution in [0.15, 0.2) is 28.7 Å². The van der Waals surface area contributed by atoms with Crippen LogP contribution < -0.4 is 5.32 Å². The smallest absolute Gasteiger partial charge is 0.316 e. The molecule has 0 spiro atoms. The van der Waals surface area contributed by atoms with Gasteiger partial charge >= 0.3 is 6.01 Å². The van der Waals surface area contributed by atoms with Crippen molar-refractivity contribution in [2.75, 3.05) is 5.32 Å². The molecule has 2 N–H and O–H groups in total. The van der Waals surface area contributed by atoms with Crippen LogP contribution in [0.25, 0.3) is 11.5 Å². The second-order valence-electron chi connectivity index (χ2n) is 4.83. The van der Waals surface area contributed by atoms with E-state index < -0.39 is 0 Å². The molecule has 2 rings (SSSR count). The number of nitrogens with zero attached hydrogens (tertiary/aromatic N) is 2. The summed E-state index contributed by atoms with van der Waals surface area (Å²) in [6, 6.07) is 7.00. The molecule has 0 fully saturated rings. The molecule has 0 radical (unpaired) electrons. The first-order chi connectivity index (χ1) is 7.94. The van der Waals surface area contributed by atoms with Crippen LogP contribution in [-0.4, -0.2) is 20.8 Å². The summed E-state index contributed by atoms with van der Waals surface area (Å²) in [4.78, 5) is 0. The molecule has 0 aliphatic rings. The Kier molecular flexibility index (Phi) is 2.75. The molecule has 2 aromatic rings. The number of hydrogen-bond acceptors (Lipinski definition) is 5. The molecule has 0 amide bonds. The first kappa shape index (κ1) is 11.4. The Labute approximate surface area is 99.5 Å². The summed E-state index contributed by atoms with van der Waals surface area (Å²) >= 11 is 0. The fourth-order valence-electron chi connectivity index (χ4n) is 1.32. The van der Waals surface area contributed by atoms with Gasteiger partial charge in [0.05, 0.1) is 0 Å². The Hall–Kier alpha value is -2.04. The molecule has 17 heavy (non-hydrogen) atoms. The molecule has 5 nitrogen and oxygen atoms in total. The van der Waals surface area contributed by atoms with Crippen molar-refractivity contribution in [3.05, 3.63) is 24.3 Å². The Morgan fingerprint density at radius 1 is 1.12 bits per heavy atom. The van der Waals surface area contributed by atoms with E-state index in [1.165, 1.54) is 0 Å². The van der Waals surface area contributed by atoms with Crippen molar-refractivity contribution in [2.45, 2.75) is 26.3 Å². The number of phenolic OH excluding ortho intramolecular Hbond substituents is 1. The Morgan fingerprint density at radius 3 is 2.35 bits per heavy atom. The van der Waals surface area contributed by atoms with Gasteiger partial charge in [-0.1, -0.05) is 5.10 Å². The molecule has 0 unspecified atom stereocenters. The monoisotopic (exact) mass is 233 g/mol. The molecular formula is C12H15N3O2. The molecule has 1 aromatic carbocycles. The molecule has 0 saturated heterocycles. The number of hydrogen-bond donors (Lipinski definition) is 2. The van der Waals surface area contributed by atoms with Crippen LogP contribution in [-0.2, 0) is 0 Å². The van der Waals surface area contributed by atoms with E-state index in [0.717, 1.165) is 5.56 Å². The summed E-state index contributed by atoms with van der Waals surface area (Å²) in [5, 5.41) is 20.1. The quantitative estimate of drug-likeness (QED) is 0.834. The van der Waals surface area contributed by atoms with E-state index in [2.05, 4.69) is 15.5 Å². The van der Waals surface area contributed by atoms with Gasteiger partial charge in [0.25, 0.3) is 0 Å². The normalized spacial score (nSPS) is 11.5. The molecule has 5 heteroatoms. The van der Waals surface area contributed by atoms with E-state index in [4.69, 9.17) is 4.42 Å². The summed E-state index contributed by atoms with van der Waals surface area (Å²) < 4.78 is 5.47. The van der Waals surface area contributed by atoms with Gasteiger partial charge in [-0.3, -0.25) is 0 Å². The molecule has 0 aliphatic carbocycles. The lowest BCUT2D eigenvalue weighted by atomic mass is 10.1. The molecule has 1 heterocycles. The predicted octanol–water partition coefficient (Wildman–Crippen LogP) is 2.65. The number of aromatic nitrogens is 2. The fourth-order valence-corrected chi connectivity index (χ4v) is 1.32. The molecule has 0 aliphatic heterocycles. The van der Waals surface area contributed by atoms with Crippen LogP contribution in [0.1, 0.15) is 20.8 Å². The Bertz CT molecular complexity index is 497. The lowest BCUT2D eigenvalue weighted by Gasteiger charge is -2.17. The second kappa shape index (κ2) is 4.08. The first-order valence-electron chi connectivity index (χ1n) is 5.35. The highest BCUT2D eigenvalue weighted by atomic mass is 16.4. The Morgan fingerprint density at radius 2 is 1.76 bits per heavy atom. The lowest BCUT2D eigenvalue weighted by Crippen LogP contribution is -2.26. The minimum absolute atomic E-state index is 0.126. The average Bonchev–Trinajstić information content (AvgIpc) is 2.64. The van der Waals surface area contributed by atoms with Crippen LogP contribution in [0.2, 0.25) is 0 Å². The molecule has 0 bridgehead atoms. The first-order valence-corrected chi connectivity index (χ1v) is 5.35. The zero-order valence-electron chi connectivity index (χ0n) is 10.1. The van der Waals surface area contributed by atoms with Crippen LogP contribution in [0, 0.1) is 0 Å². The van der Waals surface area contributed by atoms with Crippen LogP contribution in [0.4, 0.5) is 6.01 Å². The average molecular weight is 233 g/mol. The third-order valence-corrected chi connectivity index (χ3v) is 2.02. The van der Waals surface area contributed by atoms with Gasteiger partial charge in [0.15, 0.2) is 0 Å². The van der Waals surface area contributed by atoms with E-state index in [1.54, 1.807) is 24.3 Å². The van der Waals surface area contributed by atoms with E-state index in [-0.39, 0.29) is 11.3 Å². The van der Waals surface area contributed by atoms with E-state index in [9.17, 15) is 5.11 Å². The number of phenols is 1. The van der Waals surface area contributed by atoms with Gasteiger partial charge in [-0.2, -0.15) is 0 Å². The van der Waals surface area contributed by atoms with E-state index in [0.29, 0.717) is 11.9 Å². The summed E-state index contributed by atoms with van der Waals surface area (Å²) in [5.74, 6) is 0.637. The van der Waals surface area contributed by atoms with Gasteiger partial charge in [-0.05, 0) is 45.0 Å². The predicted molar refractivity (Wildman–Crippen MR) is 64.8 cm³/mol. The van der Waals surface area contributed by atoms with Crippen LogP contribution in [0.3, 0.4) is 0 Å². The zero-order valence-corrected chi connectivity index (χ0v) is 10.1. The Balaban J connectivity index is 2.21. The van der Waals surface area contributed by atoms with Crippen molar-refractivity contribution in [3.8, 4) is 17.2 Å². The molecule has 0 atom stereocenters. The number of benzene rings is 1. The minimum Gasteiger partial charge on any atom is -0.508 e.